The number of carbonyl (C=O) groups excluding carboxylic acids is 1. The van der Waals surface area contributed by atoms with Crippen LogP contribution in [-0.4, -0.2) is 66.7 Å². The second-order valence-electron chi connectivity index (χ2n) is 6.53. The summed E-state index contributed by atoms with van der Waals surface area (Å²) in [6.07, 6.45) is 1.84. The van der Waals surface area contributed by atoms with Crippen molar-refractivity contribution in [1.82, 2.24) is 29.7 Å². The van der Waals surface area contributed by atoms with Crippen LogP contribution >= 0.6 is 11.8 Å². The van der Waals surface area contributed by atoms with Crippen LogP contribution in [0.4, 0.5) is 0 Å². The molecule has 1 aliphatic heterocycles. The molecule has 27 heavy (non-hydrogen) atoms. The van der Waals surface area contributed by atoms with Crippen LogP contribution in [0.5, 0.6) is 0 Å². The zero-order valence-electron chi connectivity index (χ0n) is 15.1. The zero-order valence-corrected chi connectivity index (χ0v) is 16.0. The molecule has 0 N–H and O–H groups in total. The Morgan fingerprint density at radius 2 is 1.96 bits per heavy atom. The molecular formula is C18H20N6O2S. The maximum atomic E-state index is 12.6. The number of thioether (sulfide) groups is 1. The predicted octanol–water partition coefficient (Wildman–Crippen LogP) is 1.91. The minimum absolute atomic E-state index is 0.0548. The van der Waals surface area contributed by atoms with Gasteiger partial charge in [0.15, 0.2) is 5.65 Å². The number of nitrogens with zero attached hydrogens (tertiary/aromatic N) is 6. The van der Waals surface area contributed by atoms with E-state index in [0.717, 1.165) is 11.4 Å². The van der Waals surface area contributed by atoms with E-state index >= 15 is 0 Å². The van der Waals surface area contributed by atoms with Crippen molar-refractivity contribution in [3.8, 4) is 11.4 Å². The molecule has 1 saturated heterocycles. The number of morpholine rings is 1. The van der Waals surface area contributed by atoms with Crippen LogP contribution in [0.25, 0.3) is 17.0 Å². The first-order valence-electron chi connectivity index (χ1n) is 8.80. The number of hydrogen-bond acceptors (Lipinski definition) is 7. The largest absolute Gasteiger partial charge is 0.372 e. The number of rotatable bonds is 4. The van der Waals surface area contributed by atoms with Gasteiger partial charge in [-0.2, -0.15) is 9.61 Å². The quantitative estimate of drug-likeness (QED) is 0.635. The van der Waals surface area contributed by atoms with Gasteiger partial charge in [-0.15, -0.1) is 10.2 Å². The van der Waals surface area contributed by atoms with Gasteiger partial charge in [0.25, 0.3) is 0 Å². The van der Waals surface area contributed by atoms with Crippen molar-refractivity contribution in [3.63, 3.8) is 0 Å². The molecule has 0 saturated carbocycles. The Morgan fingerprint density at radius 3 is 2.70 bits per heavy atom. The van der Waals surface area contributed by atoms with Crippen LogP contribution in [0.2, 0.25) is 0 Å². The molecule has 2 unspecified atom stereocenters. The van der Waals surface area contributed by atoms with Gasteiger partial charge in [-0.3, -0.25) is 9.78 Å². The topological polar surface area (TPSA) is 85.5 Å². The Hall–Kier alpha value is -2.52. The van der Waals surface area contributed by atoms with E-state index in [0.29, 0.717) is 23.9 Å². The van der Waals surface area contributed by atoms with Crippen molar-refractivity contribution >= 4 is 23.3 Å². The van der Waals surface area contributed by atoms with Gasteiger partial charge < -0.3 is 9.64 Å². The lowest BCUT2D eigenvalue weighted by molar-refractivity contribution is -0.140. The molecule has 140 valence electrons. The van der Waals surface area contributed by atoms with Crippen molar-refractivity contribution in [2.24, 2.45) is 0 Å². The van der Waals surface area contributed by atoms with Gasteiger partial charge in [0.2, 0.25) is 11.1 Å². The zero-order chi connectivity index (χ0) is 18.8. The van der Waals surface area contributed by atoms with Gasteiger partial charge >= 0.3 is 0 Å². The summed E-state index contributed by atoms with van der Waals surface area (Å²) in [6.45, 7) is 5.20. The van der Waals surface area contributed by atoms with Crippen molar-refractivity contribution in [3.05, 3.63) is 36.5 Å². The number of pyridine rings is 1. The summed E-state index contributed by atoms with van der Waals surface area (Å²) >= 11 is 1.34. The number of ether oxygens (including phenoxy) is 1. The Kier molecular flexibility index (Phi) is 5.04. The van der Waals surface area contributed by atoms with Gasteiger partial charge in [-0.25, -0.2) is 0 Å². The molecule has 3 aromatic rings. The van der Waals surface area contributed by atoms with Crippen LogP contribution in [-0.2, 0) is 9.53 Å². The summed E-state index contributed by atoms with van der Waals surface area (Å²) in [5.41, 5.74) is 2.14. The van der Waals surface area contributed by atoms with Crippen molar-refractivity contribution in [2.45, 2.75) is 31.2 Å². The highest BCUT2D eigenvalue weighted by molar-refractivity contribution is 7.99. The van der Waals surface area contributed by atoms with Gasteiger partial charge in [-0.1, -0.05) is 17.8 Å². The van der Waals surface area contributed by atoms with Gasteiger partial charge in [0, 0.05) is 19.3 Å². The molecule has 4 rings (SSSR count). The second kappa shape index (κ2) is 7.61. The fourth-order valence-electron chi connectivity index (χ4n) is 3.11. The molecule has 1 fully saturated rings. The van der Waals surface area contributed by atoms with E-state index in [1.807, 2.05) is 49.1 Å². The molecule has 1 amide bonds. The maximum absolute atomic E-state index is 12.6. The molecule has 8 nitrogen and oxygen atoms in total. The molecule has 9 heteroatoms. The van der Waals surface area contributed by atoms with Gasteiger partial charge in [0.1, 0.15) is 5.69 Å². The highest BCUT2D eigenvalue weighted by Crippen LogP contribution is 2.20. The summed E-state index contributed by atoms with van der Waals surface area (Å²) < 4.78 is 7.35. The Morgan fingerprint density at radius 1 is 1.15 bits per heavy atom. The van der Waals surface area contributed by atoms with Crippen LogP contribution < -0.4 is 0 Å². The van der Waals surface area contributed by atoms with E-state index in [1.54, 1.807) is 10.7 Å². The molecule has 0 bridgehead atoms. The molecule has 0 aliphatic carbocycles. The monoisotopic (exact) mass is 384 g/mol. The van der Waals surface area contributed by atoms with Crippen LogP contribution in [0, 0.1) is 0 Å². The normalized spacial score (nSPS) is 20.1. The summed E-state index contributed by atoms with van der Waals surface area (Å²) in [4.78, 5) is 18.7. The van der Waals surface area contributed by atoms with Gasteiger partial charge in [0.05, 0.1) is 23.7 Å². The summed E-state index contributed by atoms with van der Waals surface area (Å²) in [6, 6.07) is 9.39. The van der Waals surface area contributed by atoms with E-state index in [1.165, 1.54) is 11.8 Å². The highest BCUT2D eigenvalue weighted by atomic mass is 32.2. The maximum Gasteiger partial charge on any atom is 0.233 e. The first-order chi connectivity index (χ1) is 13.1. The average molecular weight is 384 g/mol. The van der Waals surface area contributed by atoms with Crippen LogP contribution in [0.3, 0.4) is 0 Å². The number of amides is 1. The van der Waals surface area contributed by atoms with Crippen molar-refractivity contribution in [1.29, 1.82) is 0 Å². The molecule has 0 spiro atoms. The predicted molar refractivity (Wildman–Crippen MR) is 101 cm³/mol. The molecule has 4 heterocycles. The van der Waals surface area contributed by atoms with Gasteiger partial charge in [-0.05, 0) is 38.1 Å². The van der Waals surface area contributed by atoms with E-state index in [4.69, 9.17) is 4.74 Å². The fourth-order valence-corrected chi connectivity index (χ4v) is 3.90. The van der Waals surface area contributed by atoms with Crippen LogP contribution in [0.15, 0.2) is 41.7 Å². The molecule has 1 aliphatic rings. The highest BCUT2D eigenvalue weighted by Gasteiger charge is 2.26. The SMILES string of the molecule is CC1CN(C(=O)CSc2nnc3ccc(-c4ccccn4)nn23)CC(C)O1. The minimum atomic E-state index is 0.0548. The minimum Gasteiger partial charge on any atom is -0.372 e. The first-order valence-corrected chi connectivity index (χ1v) is 9.78. The second-order valence-corrected chi connectivity index (χ2v) is 7.47. The number of hydrogen-bond donors (Lipinski definition) is 0. The number of aromatic nitrogens is 5. The fraction of sp³-hybridized carbons (Fsp3) is 0.389. The standard InChI is InChI=1S/C18H20N6O2S/c1-12-9-23(10-13(2)26-12)17(25)11-27-18-21-20-16-7-6-15(22-24(16)18)14-5-3-4-8-19-14/h3-8,12-13H,9-11H2,1-2H3. The lowest BCUT2D eigenvalue weighted by Gasteiger charge is -2.35. The number of fused-ring (bicyclic) bond motifs is 1. The van der Waals surface area contributed by atoms with E-state index in [2.05, 4.69) is 20.3 Å². The number of carbonyl (C=O) groups is 1. The first kappa shape index (κ1) is 17.9. The van der Waals surface area contributed by atoms with Crippen LogP contribution in [0.1, 0.15) is 13.8 Å². The molecule has 3 aromatic heterocycles. The molecule has 2 atom stereocenters. The third-order valence-electron chi connectivity index (χ3n) is 4.26. The van der Waals surface area contributed by atoms with E-state index in [-0.39, 0.29) is 23.9 Å². The van der Waals surface area contributed by atoms with E-state index < -0.39 is 0 Å². The summed E-state index contributed by atoms with van der Waals surface area (Å²) in [5, 5.41) is 13.5. The lowest BCUT2D eigenvalue weighted by Crippen LogP contribution is -2.48. The van der Waals surface area contributed by atoms with Crippen molar-refractivity contribution < 1.29 is 9.53 Å². The molecular weight excluding hydrogens is 364 g/mol. The smallest absolute Gasteiger partial charge is 0.233 e. The average Bonchev–Trinajstić information content (AvgIpc) is 3.08. The van der Waals surface area contributed by atoms with E-state index in [9.17, 15) is 4.79 Å². The summed E-state index contributed by atoms with van der Waals surface area (Å²) in [7, 11) is 0. The Bertz CT molecular complexity index is 937. The third-order valence-corrected chi connectivity index (χ3v) is 5.16. The summed E-state index contributed by atoms with van der Waals surface area (Å²) in [5.74, 6) is 0.357. The Labute approximate surface area is 160 Å². The molecule has 0 aromatic carbocycles. The third kappa shape index (κ3) is 3.93. The Balaban J connectivity index is 1.50. The van der Waals surface area contributed by atoms with Crippen molar-refractivity contribution in [2.75, 3.05) is 18.8 Å². The lowest BCUT2D eigenvalue weighted by atomic mass is 10.2. The molecule has 0 radical (unpaired) electrons.